The normalized spacial score (nSPS) is 19.2. The highest BCUT2D eigenvalue weighted by atomic mass is 15.3. The first-order chi connectivity index (χ1) is 10.2. The molecule has 0 aromatic carbocycles. The Morgan fingerprint density at radius 2 is 2.14 bits per heavy atom. The summed E-state index contributed by atoms with van der Waals surface area (Å²) in [6.07, 6.45) is 6.43. The Hall–Kier alpha value is -1.16. The fraction of sp³-hybridized carbons (Fsp3) is 0.765. The van der Waals surface area contributed by atoms with Crippen molar-refractivity contribution in [1.29, 1.82) is 0 Å². The van der Waals surface area contributed by atoms with Crippen LogP contribution >= 0.6 is 0 Å². The molecule has 0 amide bonds. The Morgan fingerprint density at radius 3 is 2.81 bits per heavy atom. The quantitative estimate of drug-likeness (QED) is 0.836. The summed E-state index contributed by atoms with van der Waals surface area (Å²) in [5.74, 6) is 1.72. The largest absolute Gasteiger partial charge is 0.352 e. The van der Waals surface area contributed by atoms with Crippen molar-refractivity contribution in [3.63, 3.8) is 0 Å². The number of nitrogens with one attached hydrogen (secondary N) is 1. The van der Waals surface area contributed by atoms with Gasteiger partial charge in [-0.3, -0.25) is 0 Å². The molecule has 0 bridgehead atoms. The molecule has 1 aromatic heterocycles. The van der Waals surface area contributed by atoms with Gasteiger partial charge in [-0.1, -0.05) is 27.2 Å². The van der Waals surface area contributed by atoms with E-state index in [1.54, 1.807) is 0 Å². The molecule has 1 aromatic rings. The average molecular weight is 290 g/mol. The summed E-state index contributed by atoms with van der Waals surface area (Å²) in [6.45, 7) is 9.65. The van der Waals surface area contributed by atoms with Crippen molar-refractivity contribution >= 4 is 5.82 Å². The minimum Gasteiger partial charge on any atom is -0.352 e. The number of rotatable bonds is 7. The van der Waals surface area contributed by atoms with Crippen molar-refractivity contribution < 1.29 is 0 Å². The van der Waals surface area contributed by atoms with Gasteiger partial charge in [0.25, 0.3) is 0 Å². The van der Waals surface area contributed by atoms with E-state index in [1.165, 1.54) is 32.1 Å². The highest BCUT2D eigenvalue weighted by Gasteiger charge is 2.22. The molecule has 4 heteroatoms. The van der Waals surface area contributed by atoms with Crippen molar-refractivity contribution in [3.8, 4) is 0 Å². The molecule has 0 saturated carbocycles. The van der Waals surface area contributed by atoms with Crippen molar-refractivity contribution in [2.75, 3.05) is 18.0 Å². The van der Waals surface area contributed by atoms with Gasteiger partial charge in [-0.2, -0.15) is 5.10 Å². The molecule has 2 rings (SSSR count). The third kappa shape index (κ3) is 4.95. The maximum atomic E-state index is 4.47. The molecular weight excluding hydrogens is 260 g/mol. The van der Waals surface area contributed by atoms with Crippen molar-refractivity contribution in [2.45, 2.75) is 65.5 Å². The molecule has 2 heterocycles. The second kappa shape index (κ2) is 8.32. The zero-order chi connectivity index (χ0) is 15.1. The summed E-state index contributed by atoms with van der Waals surface area (Å²) in [5.41, 5.74) is 1.03. The van der Waals surface area contributed by atoms with Crippen molar-refractivity contribution in [1.82, 2.24) is 15.5 Å². The van der Waals surface area contributed by atoms with E-state index in [0.717, 1.165) is 31.1 Å². The zero-order valence-corrected chi connectivity index (χ0v) is 13.8. The molecule has 1 fully saturated rings. The molecular formula is C17H30N4. The number of hydrogen-bond acceptors (Lipinski definition) is 4. The van der Waals surface area contributed by atoms with Crippen LogP contribution in [0.15, 0.2) is 12.1 Å². The molecule has 0 aliphatic carbocycles. The first-order valence-electron chi connectivity index (χ1n) is 8.50. The van der Waals surface area contributed by atoms with Crippen LogP contribution in [0, 0.1) is 5.92 Å². The molecule has 118 valence electrons. The maximum absolute atomic E-state index is 4.47. The number of anilines is 1. The lowest BCUT2D eigenvalue weighted by Crippen LogP contribution is -2.40. The fourth-order valence-corrected chi connectivity index (χ4v) is 3.02. The number of piperidine rings is 1. The molecule has 4 nitrogen and oxygen atoms in total. The summed E-state index contributed by atoms with van der Waals surface area (Å²) in [6, 6.07) is 4.92. The van der Waals surface area contributed by atoms with Crippen LogP contribution in [0.2, 0.25) is 0 Å². The van der Waals surface area contributed by atoms with Gasteiger partial charge in [0.2, 0.25) is 0 Å². The zero-order valence-electron chi connectivity index (χ0n) is 13.8. The smallest absolute Gasteiger partial charge is 0.151 e. The van der Waals surface area contributed by atoms with Gasteiger partial charge in [0, 0.05) is 19.1 Å². The molecule has 1 saturated heterocycles. The monoisotopic (exact) mass is 290 g/mol. The van der Waals surface area contributed by atoms with Gasteiger partial charge >= 0.3 is 0 Å². The van der Waals surface area contributed by atoms with Crippen molar-refractivity contribution in [2.24, 2.45) is 5.92 Å². The lowest BCUT2D eigenvalue weighted by molar-refractivity contribution is 0.430. The second-order valence-corrected chi connectivity index (χ2v) is 6.54. The van der Waals surface area contributed by atoms with Gasteiger partial charge in [-0.15, -0.1) is 5.10 Å². The van der Waals surface area contributed by atoms with E-state index in [-0.39, 0.29) is 0 Å². The van der Waals surface area contributed by atoms with E-state index in [9.17, 15) is 0 Å². The lowest BCUT2D eigenvalue weighted by atomic mass is 9.98. The fourth-order valence-electron chi connectivity index (χ4n) is 3.02. The van der Waals surface area contributed by atoms with E-state index in [4.69, 9.17) is 0 Å². The minimum atomic E-state index is 0.656. The van der Waals surface area contributed by atoms with Crippen LogP contribution in [-0.4, -0.2) is 29.3 Å². The van der Waals surface area contributed by atoms with Crippen molar-refractivity contribution in [3.05, 3.63) is 17.8 Å². The lowest BCUT2D eigenvalue weighted by Gasteiger charge is -2.36. The van der Waals surface area contributed by atoms with Gasteiger partial charge in [-0.05, 0) is 50.3 Å². The Balaban J connectivity index is 1.93. The molecule has 1 aliphatic rings. The van der Waals surface area contributed by atoms with Crippen LogP contribution in [0.4, 0.5) is 5.82 Å². The van der Waals surface area contributed by atoms with Crippen LogP contribution in [0.25, 0.3) is 0 Å². The van der Waals surface area contributed by atoms with Crippen LogP contribution in [0.1, 0.15) is 58.6 Å². The first kappa shape index (κ1) is 16.2. The van der Waals surface area contributed by atoms with Gasteiger partial charge < -0.3 is 10.2 Å². The van der Waals surface area contributed by atoms with Gasteiger partial charge in [-0.25, -0.2) is 0 Å². The molecule has 21 heavy (non-hydrogen) atoms. The van der Waals surface area contributed by atoms with E-state index >= 15 is 0 Å². The number of nitrogens with zero attached hydrogens (tertiary/aromatic N) is 3. The summed E-state index contributed by atoms with van der Waals surface area (Å²) in [5, 5.41) is 12.3. The third-order valence-corrected chi connectivity index (χ3v) is 4.11. The van der Waals surface area contributed by atoms with E-state index in [0.29, 0.717) is 12.0 Å². The number of hydrogen-bond donors (Lipinski definition) is 1. The predicted molar refractivity (Wildman–Crippen MR) is 88.5 cm³/mol. The Morgan fingerprint density at radius 1 is 1.29 bits per heavy atom. The Bertz CT molecular complexity index is 400. The van der Waals surface area contributed by atoms with E-state index in [1.807, 2.05) is 0 Å². The van der Waals surface area contributed by atoms with Gasteiger partial charge in [0.15, 0.2) is 5.82 Å². The van der Waals surface area contributed by atoms with Crippen LogP contribution in [-0.2, 0) is 6.54 Å². The molecule has 1 atom stereocenters. The molecule has 1 N–H and O–H groups in total. The standard InChI is InChI=1S/C17H30N4/c1-4-7-16-8-5-6-11-21(16)17-10-9-15(19-20-17)13-18-12-14(2)3/h9-10,14,16,18H,4-8,11-13H2,1-3H3. The summed E-state index contributed by atoms with van der Waals surface area (Å²) >= 11 is 0. The summed E-state index contributed by atoms with van der Waals surface area (Å²) < 4.78 is 0. The molecule has 0 radical (unpaired) electrons. The highest BCUT2D eigenvalue weighted by molar-refractivity contribution is 5.39. The van der Waals surface area contributed by atoms with Gasteiger partial charge in [0.05, 0.1) is 5.69 Å². The second-order valence-electron chi connectivity index (χ2n) is 6.54. The highest BCUT2D eigenvalue weighted by Crippen LogP contribution is 2.25. The number of aromatic nitrogens is 2. The molecule has 1 aliphatic heterocycles. The van der Waals surface area contributed by atoms with Crippen LogP contribution < -0.4 is 10.2 Å². The first-order valence-corrected chi connectivity index (χ1v) is 8.50. The Kier molecular flexibility index (Phi) is 6.43. The molecule has 0 spiro atoms. The SMILES string of the molecule is CCCC1CCCCN1c1ccc(CNCC(C)C)nn1. The van der Waals surface area contributed by atoms with Crippen LogP contribution in [0.3, 0.4) is 0 Å². The predicted octanol–water partition coefficient (Wildman–Crippen LogP) is 3.38. The van der Waals surface area contributed by atoms with E-state index < -0.39 is 0 Å². The topological polar surface area (TPSA) is 41.0 Å². The average Bonchev–Trinajstić information content (AvgIpc) is 2.49. The van der Waals surface area contributed by atoms with E-state index in [2.05, 4.69) is 53.3 Å². The summed E-state index contributed by atoms with van der Waals surface area (Å²) in [7, 11) is 0. The maximum Gasteiger partial charge on any atom is 0.151 e. The van der Waals surface area contributed by atoms with Gasteiger partial charge in [0.1, 0.15) is 0 Å². The summed E-state index contributed by atoms with van der Waals surface area (Å²) in [4.78, 5) is 2.46. The minimum absolute atomic E-state index is 0.656. The van der Waals surface area contributed by atoms with Crippen LogP contribution in [0.5, 0.6) is 0 Å². The molecule has 1 unspecified atom stereocenters. The Labute approximate surface area is 129 Å². The third-order valence-electron chi connectivity index (χ3n) is 4.11.